The lowest BCUT2D eigenvalue weighted by Crippen LogP contribution is -1.98. The molecule has 20 heavy (non-hydrogen) atoms. The number of hydrogen-bond donors (Lipinski definition) is 2. The number of aryl methyl sites for hydroxylation is 3. The monoisotopic (exact) mass is 288 g/mol. The number of hydrogen-bond acceptors (Lipinski definition) is 4. The van der Waals surface area contributed by atoms with E-state index in [0.717, 1.165) is 34.1 Å². The lowest BCUT2D eigenvalue weighted by atomic mass is 10.0. The summed E-state index contributed by atoms with van der Waals surface area (Å²) in [4.78, 5) is 0. The van der Waals surface area contributed by atoms with E-state index in [-0.39, 0.29) is 11.8 Å². The average molecular weight is 288 g/mol. The number of aromatic hydroxyl groups is 2. The highest BCUT2D eigenvalue weighted by Crippen LogP contribution is 2.35. The van der Waals surface area contributed by atoms with Crippen LogP contribution in [0.15, 0.2) is 18.2 Å². The molecule has 0 atom stereocenters. The number of rotatable bonds is 3. The second-order valence-electron chi connectivity index (χ2n) is 4.79. The first-order valence-corrected chi connectivity index (χ1v) is 7.16. The van der Waals surface area contributed by atoms with Gasteiger partial charge in [-0.05, 0) is 55.3 Å². The van der Waals surface area contributed by atoms with Crippen LogP contribution in [0.1, 0.15) is 22.3 Å². The summed E-state index contributed by atoms with van der Waals surface area (Å²) in [6.45, 7) is 5.95. The molecule has 1 aromatic heterocycles. The third-order valence-electron chi connectivity index (χ3n) is 3.38. The minimum atomic E-state index is -0.0256. The molecule has 0 radical (unpaired) electrons. The Balaban J connectivity index is 2.56. The van der Waals surface area contributed by atoms with Gasteiger partial charge >= 0.3 is 0 Å². The van der Waals surface area contributed by atoms with Crippen molar-refractivity contribution >= 4 is 11.8 Å². The Hall–Kier alpha value is -2.06. The van der Waals surface area contributed by atoms with Gasteiger partial charge in [-0.2, -0.15) is 5.26 Å². The van der Waals surface area contributed by atoms with E-state index in [1.165, 1.54) is 10.6 Å². The zero-order valence-electron chi connectivity index (χ0n) is 11.6. The second kappa shape index (κ2) is 5.51. The maximum Gasteiger partial charge on any atom is 0.202 e. The number of thiocyanates is 1. The second-order valence-corrected chi connectivity index (χ2v) is 5.55. The number of aromatic nitrogens is 1. The number of nitriles is 1. The van der Waals surface area contributed by atoms with Gasteiger partial charge in [0.1, 0.15) is 5.40 Å². The zero-order valence-corrected chi connectivity index (χ0v) is 12.5. The molecule has 0 saturated heterocycles. The van der Waals surface area contributed by atoms with Crippen LogP contribution in [0.5, 0.6) is 11.8 Å². The largest absolute Gasteiger partial charge is 0.494 e. The number of benzene rings is 1. The van der Waals surface area contributed by atoms with Crippen LogP contribution in [0.2, 0.25) is 0 Å². The van der Waals surface area contributed by atoms with Crippen molar-refractivity contribution in [2.24, 2.45) is 0 Å². The molecule has 0 fully saturated rings. The Bertz CT molecular complexity index is 699. The van der Waals surface area contributed by atoms with Gasteiger partial charge in [0.2, 0.25) is 5.88 Å². The fourth-order valence-electron chi connectivity index (χ4n) is 2.18. The zero-order chi connectivity index (χ0) is 14.9. The topological polar surface area (TPSA) is 69.2 Å². The van der Waals surface area contributed by atoms with Crippen molar-refractivity contribution in [2.45, 2.75) is 26.5 Å². The van der Waals surface area contributed by atoms with Crippen molar-refractivity contribution in [1.29, 1.82) is 5.26 Å². The summed E-state index contributed by atoms with van der Waals surface area (Å²) in [6, 6.07) is 5.45. The van der Waals surface area contributed by atoms with Crippen LogP contribution < -0.4 is 0 Å². The molecule has 2 aromatic rings. The van der Waals surface area contributed by atoms with Crippen molar-refractivity contribution in [2.75, 3.05) is 0 Å². The third kappa shape index (κ3) is 2.47. The fourth-order valence-corrected chi connectivity index (χ4v) is 2.61. The molecule has 1 heterocycles. The summed E-state index contributed by atoms with van der Waals surface area (Å²) < 4.78 is 1.41. The summed E-state index contributed by atoms with van der Waals surface area (Å²) >= 11 is 1.02. The van der Waals surface area contributed by atoms with E-state index in [4.69, 9.17) is 5.26 Å². The Morgan fingerprint density at radius 2 is 1.75 bits per heavy atom. The summed E-state index contributed by atoms with van der Waals surface area (Å²) in [6.07, 6.45) is 0. The molecule has 4 nitrogen and oxygen atoms in total. The van der Waals surface area contributed by atoms with Crippen LogP contribution in [0.3, 0.4) is 0 Å². The number of thioether (sulfide) groups is 1. The van der Waals surface area contributed by atoms with Crippen LogP contribution in [0.25, 0.3) is 5.69 Å². The maximum absolute atomic E-state index is 10.3. The van der Waals surface area contributed by atoms with Gasteiger partial charge in [0.15, 0.2) is 5.88 Å². The van der Waals surface area contributed by atoms with Crippen molar-refractivity contribution in [3.8, 4) is 22.8 Å². The van der Waals surface area contributed by atoms with E-state index < -0.39 is 0 Å². The van der Waals surface area contributed by atoms with Crippen LogP contribution in [-0.2, 0) is 5.75 Å². The minimum absolute atomic E-state index is 0.0170. The predicted molar refractivity (Wildman–Crippen MR) is 80.2 cm³/mol. The SMILES string of the molecule is Cc1cc(C)c(-n2c(O)cc(CSC#N)c2O)cc1C. The van der Waals surface area contributed by atoms with E-state index in [9.17, 15) is 10.2 Å². The Labute approximate surface area is 122 Å². The molecular weight excluding hydrogens is 272 g/mol. The molecular formula is C15H16N2O2S. The van der Waals surface area contributed by atoms with Gasteiger partial charge < -0.3 is 10.2 Å². The standard InChI is InChI=1S/C15H16N2O2S/c1-9-4-11(3)13(5-10(9)2)17-14(18)6-12(15(17)19)7-20-8-16/h4-6,18-19H,7H2,1-3H3. The Morgan fingerprint density at radius 3 is 2.40 bits per heavy atom. The molecule has 0 saturated carbocycles. The van der Waals surface area contributed by atoms with Crippen LogP contribution >= 0.6 is 11.8 Å². The number of nitrogens with zero attached hydrogens (tertiary/aromatic N) is 2. The van der Waals surface area contributed by atoms with E-state index >= 15 is 0 Å². The minimum Gasteiger partial charge on any atom is -0.494 e. The highest BCUT2D eigenvalue weighted by molar-refractivity contribution is 8.02. The van der Waals surface area contributed by atoms with Gasteiger partial charge in [0.05, 0.1) is 5.69 Å². The van der Waals surface area contributed by atoms with Crippen molar-refractivity contribution in [3.05, 3.63) is 40.5 Å². The molecule has 104 valence electrons. The van der Waals surface area contributed by atoms with Gasteiger partial charge in [-0.3, -0.25) is 4.57 Å². The molecule has 1 aromatic carbocycles. The molecule has 2 N–H and O–H groups in total. The molecule has 0 aliphatic heterocycles. The van der Waals surface area contributed by atoms with Crippen LogP contribution in [0.4, 0.5) is 0 Å². The lowest BCUT2D eigenvalue weighted by Gasteiger charge is -2.13. The molecule has 5 heteroatoms. The van der Waals surface area contributed by atoms with Gasteiger partial charge in [-0.25, -0.2) is 0 Å². The van der Waals surface area contributed by atoms with Crippen LogP contribution in [-0.4, -0.2) is 14.8 Å². The van der Waals surface area contributed by atoms with Gasteiger partial charge in [0, 0.05) is 17.4 Å². The average Bonchev–Trinajstić information content (AvgIpc) is 2.67. The molecule has 0 bridgehead atoms. The van der Waals surface area contributed by atoms with Gasteiger partial charge in [0.25, 0.3) is 0 Å². The molecule has 0 aliphatic carbocycles. The lowest BCUT2D eigenvalue weighted by molar-refractivity contribution is 0.401. The molecule has 0 spiro atoms. The highest BCUT2D eigenvalue weighted by Gasteiger charge is 2.17. The highest BCUT2D eigenvalue weighted by atomic mass is 32.2. The molecule has 2 rings (SSSR count). The summed E-state index contributed by atoms with van der Waals surface area (Å²) in [5.74, 6) is 0.297. The summed E-state index contributed by atoms with van der Waals surface area (Å²) in [7, 11) is 0. The summed E-state index contributed by atoms with van der Waals surface area (Å²) in [5, 5.41) is 30.9. The molecule has 0 amide bonds. The Kier molecular flexibility index (Phi) is 3.96. The first-order valence-electron chi connectivity index (χ1n) is 6.17. The Morgan fingerprint density at radius 1 is 1.10 bits per heavy atom. The van der Waals surface area contributed by atoms with E-state index in [2.05, 4.69) is 0 Å². The quantitative estimate of drug-likeness (QED) is 0.848. The van der Waals surface area contributed by atoms with Crippen molar-refractivity contribution < 1.29 is 10.2 Å². The molecule has 0 unspecified atom stereocenters. The van der Waals surface area contributed by atoms with Crippen molar-refractivity contribution in [3.63, 3.8) is 0 Å². The maximum atomic E-state index is 10.3. The fraction of sp³-hybridized carbons (Fsp3) is 0.267. The predicted octanol–water partition coefficient (Wildman–Crippen LogP) is 3.53. The van der Waals surface area contributed by atoms with E-state index in [0.29, 0.717) is 11.3 Å². The van der Waals surface area contributed by atoms with E-state index in [1.54, 1.807) is 0 Å². The first kappa shape index (κ1) is 14.4. The van der Waals surface area contributed by atoms with Gasteiger partial charge in [-0.1, -0.05) is 6.07 Å². The first-order chi connectivity index (χ1) is 9.45. The van der Waals surface area contributed by atoms with E-state index in [1.807, 2.05) is 38.3 Å². The van der Waals surface area contributed by atoms with Crippen molar-refractivity contribution in [1.82, 2.24) is 4.57 Å². The normalized spacial score (nSPS) is 10.5. The summed E-state index contributed by atoms with van der Waals surface area (Å²) in [5.41, 5.74) is 4.51. The third-order valence-corrected chi connectivity index (χ3v) is 3.96. The van der Waals surface area contributed by atoms with Crippen LogP contribution in [0, 0.1) is 31.4 Å². The smallest absolute Gasteiger partial charge is 0.202 e. The van der Waals surface area contributed by atoms with Gasteiger partial charge in [-0.15, -0.1) is 0 Å². The molecule has 0 aliphatic rings.